The average Bonchev–Trinajstić information content (AvgIpc) is 2.62. The summed E-state index contributed by atoms with van der Waals surface area (Å²) in [6.07, 6.45) is 1.89. The van der Waals surface area contributed by atoms with Gasteiger partial charge in [0, 0.05) is 0 Å². The van der Waals surface area contributed by atoms with Crippen LogP contribution in [0.5, 0.6) is 0 Å². The van der Waals surface area contributed by atoms with Crippen LogP contribution in [0.1, 0.15) is 18.1 Å². The number of amides is 2. The molecule has 6 heteroatoms. The van der Waals surface area contributed by atoms with Gasteiger partial charge in [-0.15, -0.1) is 0 Å². The van der Waals surface area contributed by atoms with Crippen molar-refractivity contribution in [3.8, 4) is 0 Å². The van der Waals surface area contributed by atoms with Crippen molar-refractivity contribution in [3.63, 3.8) is 0 Å². The Morgan fingerprint density at radius 3 is 1.84 bits per heavy atom. The van der Waals surface area contributed by atoms with Crippen LogP contribution in [0.4, 0.5) is 0 Å². The Labute approximate surface area is 146 Å². The molecule has 25 heavy (non-hydrogen) atoms. The summed E-state index contributed by atoms with van der Waals surface area (Å²) in [7, 11) is 0. The number of carbonyl (C=O) groups is 2. The predicted octanol–water partition coefficient (Wildman–Crippen LogP) is 2.07. The van der Waals surface area contributed by atoms with Crippen LogP contribution >= 0.6 is 0 Å². The lowest BCUT2D eigenvalue weighted by molar-refractivity contribution is -0.121. The fourth-order valence-electron chi connectivity index (χ4n) is 2.02. The number of rotatable bonds is 7. The summed E-state index contributed by atoms with van der Waals surface area (Å²) in [4.78, 5) is 23.5. The quantitative estimate of drug-likeness (QED) is 0.599. The standard InChI is InChI=1S/C19H20N4O2/c1-15(21-23-19(25)13-17-10-6-3-7-11-17)14-20-22-18(24)12-16-8-4-2-5-9-16/h2-11,14H,12-13H2,1H3,(H,22,24)(H,23,25)/b20-14+,21-15+. The van der Waals surface area contributed by atoms with Gasteiger partial charge in [-0.05, 0) is 18.1 Å². The third kappa shape index (κ3) is 7.22. The Hall–Kier alpha value is -3.28. The van der Waals surface area contributed by atoms with E-state index in [4.69, 9.17) is 0 Å². The summed E-state index contributed by atoms with van der Waals surface area (Å²) in [6.45, 7) is 1.68. The number of hydrogen-bond donors (Lipinski definition) is 2. The number of hydrogen-bond acceptors (Lipinski definition) is 4. The van der Waals surface area contributed by atoms with Crippen LogP contribution in [0, 0.1) is 0 Å². The Balaban J connectivity index is 1.73. The van der Waals surface area contributed by atoms with Crippen molar-refractivity contribution in [1.82, 2.24) is 10.9 Å². The van der Waals surface area contributed by atoms with Gasteiger partial charge >= 0.3 is 0 Å². The van der Waals surface area contributed by atoms with Gasteiger partial charge in [-0.3, -0.25) is 9.59 Å². The van der Waals surface area contributed by atoms with Gasteiger partial charge in [0.05, 0.1) is 24.8 Å². The lowest BCUT2D eigenvalue weighted by atomic mass is 10.1. The number of benzene rings is 2. The smallest absolute Gasteiger partial charge is 0.244 e. The molecule has 0 radical (unpaired) electrons. The summed E-state index contributed by atoms with van der Waals surface area (Å²) >= 11 is 0. The minimum atomic E-state index is -0.219. The van der Waals surface area contributed by atoms with Crippen molar-refractivity contribution < 1.29 is 9.59 Å². The van der Waals surface area contributed by atoms with Gasteiger partial charge in [-0.2, -0.15) is 10.2 Å². The maximum atomic E-state index is 11.8. The lowest BCUT2D eigenvalue weighted by Crippen LogP contribution is -2.22. The van der Waals surface area contributed by atoms with Crippen molar-refractivity contribution in [1.29, 1.82) is 0 Å². The molecule has 6 nitrogen and oxygen atoms in total. The minimum absolute atomic E-state index is 0.216. The van der Waals surface area contributed by atoms with E-state index in [-0.39, 0.29) is 24.7 Å². The van der Waals surface area contributed by atoms with Crippen LogP contribution in [-0.2, 0) is 22.4 Å². The van der Waals surface area contributed by atoms with Crippen molar-refractivity contribution >= 4 is 23.7 Å². The maximum Gasteiger partial charge on any atom is 0.244 e. The Morgan fingerprint density at radius 2 is 1.32 bits per heavy atom. The molecule has 0 aliphatic heterocycles. The summed E-state index contributed by atoms with van der Waals surface area (Å²) in [5.41, 5.74) is 7.18. The first-order chi connectivity index (χ1) is 12.1. The minimum Gasteiger partial charge on any atom is -0.273 e. The van der Waals surface area contributed by atoms with Gasteiger partial charge in [-0.25, -0.2) is 10.9 Å². The van der Waals surface area contributed by atoms with Crippen LogP contribution < -0.4 is 10.9 Å². The Kier molecular flexibility index (Phi) is 7.06. The van der Waals surface area contributed by atoms with Crippen LogP contribution in [-0.4, -0.2) is 23.7 Å². The average molecular weight is 336 g/mol. The molecular weight excluding hydrogens is 316 g/mol. The zero-order chi connectivity index (χ0) is 17.9. The number of nitrogens with one attached hydrogen (secondary N) is 2. The third-order valence-corrected chi connectivity index (χ3v) is 3.21. The fourth-order valence-corrected chi connectivity index (χ4v) is 2.02. The SMILES string of the molecule is CC(/C=N/NC(=O)Cc1ccccc1)=N\NC(=O)Cc1ccccc1. The highest BCUT2D eigenvalue weighted by atomic mass is 16.2. The highest BCUT2D eigenvalue weighted by molar-refractivity contribution is 6.29. The first-order valence-electron chi connectivity index (χ1n) is 7.86. The molecule has 0 aromatic heterocycles. The zero-order valence-electron chi connectivity index (χ0n) is 14.0. The predicted molar refractivity (Wildman–Crippen MR) is 98.2 cm³/mol. The van der Waals surface area contributed by atoms with E-state index in [9.17, 15) is 9.59 Å². The molecule has 2 rings (SSSR count). The van der Waals surface area contributed by atoms with Crippen molar-refractivity contribution in [2.45, 2.75) is 19.8 Å². The summed E-state index contributed by atoms with van der Waals surface area (Å²) in [5.74, 6) is -0.435. The summed E-state index contributed by atoms with van der Waals surface area (Å²) < 4.78 is 0. The van der Waals surface area contributed by atoms with Crippen LogP contribution in [0.2, 0.25) is 0 Å². The molecule has 0 saturated heterocycles. The third-order valence-electron chi connectivity index (χ3n) is 3.21. The van der Waals surface area contributed by atoms with Crippen LogP contribution in [0.15, 0.2) is 70.9 Å². The topological polar surface area (TPSA) is 82.9 Å². The van der Waals surface area contributed by atoms with Gasteiger partial charge < -0.3 is 0 Å². The van der Waals surface area contributed by atoms with Crippen molar-refractivity contribution in [2.24, 2.45) is 10.2 Å². The second kappa shape index (κ2) is 9.77. The van der Waals surface area contributed by atoms with E-state index in [1.54, 1.807) is 6.92 Å². The van der Waals surface area contributed by atoms with E-state index >= 15 is 0 Å². The molecule has 0 unspecified atom stereocenters. The van der Waals surface area contributed by atoms with Gasteiger partial charge in [-0.1, -0.05) is 60.7 Å². The van der Waals surface area contributed by atoms with E-state index in [2.05, 4.69) is 21.1 Å². The molecule has 2 N–H and O–H groups in total. The molecule has 128 valence electrons. The second-order valence-corrected chi connectivity index (χ2v) is 5.41. The monoisotopic (exact) mass is 336 g/mol. The molecule has 2 amide bonds. The van der Waals surface area contributed by atoms with Gasteiger partial charge in [0.2, 0.25) is 11.8 Å². The van der Waals surface area contributed by atoms with Crippen LogP contribution in [0.3, 0.4) is 0 Å². The molecule has 0 fully saturated rings. The second-order valence-electron chi connectivity index (χ2n) is 5.41. The molecule has 0 spiro atoms. The number of carbonyl (C=O) groups excluding carboxylic acids is 2. The highest BCUT2D eigenvalue weighted by Gasteiger charge is 2.02. The molecule has 0 heterocycles. The lowest BCUT2D eigenvalue weighted by Gasteiger charge is -2.01. The van der Waals surface area contributed by atoms with E-state index in [1.165, 1.54) is 6.21 Å². The number of hydrazone groups is 2. The molecule has 0 aliphatic rings. The van der Waals surface area contributed by atoms with Gasteiger partial charge in [0.25, 0.3) is 0 Å². The first-order valence-corrected chi connectivity index (χ1v) is 7.86. The summed E-state index contributed by atoms with van der Waals surface area (Å²) in [5, 5.41) is 7.74. The fraction of sp³-hybridized carbons (Fsp3) is 0.158. The number of nitrogens with zero attached hydrogens (tertiary/aromatic N) is 2. The van der Waals surface area contributed by atoms with E-state index in [1.807, 2.05) is 60.7 Å². The van der Waals surface area contributed by atoms with Crippen LogP contribution in [0.25, 0.3) is 0 Å². The molecule has 0 saturated carbocycles. The van der Waals surface area contributed by atoms with Crippen molar-refractivity contribution in [2.75, 3.05) is 0 Å². The molecule has 2 aromatic rings. The summed E-state index contributed by atoms with van der Waals surface area (Å²) in [6, 6.07) is 18.8. The molecule has 0 aliphatic carbocycles. The largest absolute Gasteiger partial charge is 0.273 e. The molecule has 0 atom stereocenters. The van der Waals surface area contributed by atoms with E-state index in [0.29, 0.717) is 5.71 Å². The molecule has 0 bridgehead atoms. The molecule has 2 aromatic carbocycles. The van der Waals surface area contributed by atoms with E-state index in [0.717, 1.165) is 11.1 Å². The first kappa shape index (κ1) is 18.1. The normalized spacial score (nSPS) is 11.3. The Bertz CT molecular complexity index is 756. The van der Waals surface area contributed by atoms with Crippen molar-refractivity contribution in [3.05, 3.63) is 71.8 Å². The Morgan fingerprint density at radius 1 is 0.840 bits per heavy atom. The maximum absolute atomic E-state index is 11.8. The highest BCUT2D eigenvalue weighted by Crippen LogP contribution is 1.99. The van der Waals surface area contributed by atoms with E-state index < -0.39 is 0 Å². The van der Waals surface area contributed by atoms with Gasteiger partial charge in [0.15, 0.2) is 0 Å². The zero-order valence-corrected chi connectivity index (χ0v) is 14.0. The van der Waals surface area contributed by atoms with Gasteiger partial charge in [0.1, 0.15) is 0 Å². The molecular formula is C19H20N4O2.